The highest BCUT2D eigenvalue weighted by Crippen LogP contribution is 2.36. The molecule has 0 aliphatic carbocycles. The quantitative estimate of drug-likeness (QED) is 0.522. The van der Waals surface area contributed by atoms with Gasteiger partial charge < -0.3 is 5.32 Å². The van der Waals surface area contributed by atoms with Crippen LogP contribution in [0.3, 0.4) is 0 Å². The van der Waals surface area contributed by atoms with E-state index in [0.29, 0.717) is 6.54 Å². The molecule has 0 radical (unpaired) electrons. The maximum atomic E-state index is 12.2. The molecule has 1 N–H and O–H groups in total. The molecule has 1 aromatic carbocycles. The molecule has 0 aliphatic rings. The highest BCUT2D eigenvalue weighted by atomic mass is 32.2. The van der Waals surface area contributed by atoms with Crippen LogP contribution in [-0.2, 0) is 6.54 Å². The van der Waals surface area contributed by atoms with Crippen molar-refractivity contribution in [2.24, 2.45) is 5.92 Å². The van der Waals surface area contributed by atoms with Crippen molar-refractivity contribution >= 4 is 11.8 Å². The molecular weight excluding hydrogens is 283 g/mol. The largest absolute Gasteiger partial charge is 0.446 e. The van der Waals surface area contributed by atoms with Crippen molar-refractivity contribution in [2.75, 3.05) is 6.54 Å². The van der Waals surface area contributed by atoms with Crippen LogP contribution < -0.4 is 5.32 Å². The lowest BCUT2D eigenvalue weighted by atomic mass is 10.1. The van der Waals surface area contributed by atoms with E-state index < -0.39 is 5.51 Å². The Morgan fingerprint density at radius 2 is 1.75 bits per heavy atom. The van der Waals surface area contributed by atoms with E-state index in [0.717, 1.165) is 24.4 Å². The molecule has 0 aromatic heterocycles. The molecule has 0 aliphatic heterocycles. The van der Waals surface area contributed by atoms with Gasteiger partial charge in [0.15, 0.2) is 0 Å². The van der Waals surface area contributed by atoms with Gasteiger partial charge in [0.2, 0.25) is 0 Å². The molecule has 1 aromatic rings. The van der Waals surface area contributed by atoms with Crippen molar-refractivity contribution in [1.29, 1.82) is 0 Å². The first-order valence-corrected chi connectivity index (χ1v) is 7.74. The maximum absolute atomic E-state index is 12.2. The van der Waals surface area contributed by atoms with Gasteiger partial charge in [-0.15, -0.1) is 0 Å². The minimum absolute atomic E-state index is 0.0734. The van der Waals surface area contributed by atoms with Crippen LogP contribution in [0.2, 0.25) is 0 Å². The zero-order chi connectivity index (χ0) is 15.0. The SMILES string of the molecule is CC(C)CCCCNCc1ccc(SC(F)(F)F)cc1. The van der Waals surface area contributed by atoms with E-state index in [9.17, 15) is 13.2 Å². The fourth-order valence-corrected chi connectivity index (χ4v) is 2.38. The fourth-order valence-electron chi connectivity index (χ4n) is 1.84. The number of nitrogens with one attached hydrogen (secondary N) is 1. The van der Waals surface area contributed by atoms with Gasteiger partial charge in [0.1, 0.15) is 0 Å². The molecule has 0 spiro atoms. The second-order valence-electron chi connectivity index (χ2n) is 5.26. The summed E-state index contributed by atoms with van der Waals surface area (Å²) in [5.74, 6) is 0.744. The summed E-state index contributed by atoms with van der Waals surface area (Å²) in [5, 5.41) is 3.31. The molecule has 0 fully saturated rings. The Bertz CT molecular complexity index is 374. The summed E-state index contributed by atoms with van der Waals surface area (Å²) in [4.78, 5) is 0.234. The summed E-state index contributed by atoms with van der Waals surface area (Å²) in [6.07, 6.45) is 3.59. The summed E-state index contributed by atoms with van der Waals surface area (Å²) in [6.45, 7) is 6.09. The molecule has 0 bridgehead atoms. The fraction of sp³-hybridized carbons (Fsp3) is 0.600. The van der Waals surface area contributed by atoms with Crippen molar-refractivity contribution in [2.45, 2.75) is 50.1 Å². The van der Waals surface area contributed by atoms with Crippen LogP contribution in [0.15, 0.2) is 29.2 Å². The van der Waals surface area contributed by atoms with Gasteiger partial charge in [-0.25, -0.2) is 0 Å². The minimum Gasteiger partial charge on any atom is -0.313 e. The molecule has 20 heavy (non-hydrogen) atoms. The van der Waals surface area contributed by atoms with Gasteiger partial charge in [0.05, 0.1) is 0 Å². The number of rotatable bonds is 8. The van der Waals surface area contributed by atoms with Crippen LogP contribution in [0.1, 0.15) is 38.7 Å². The van der Waals surface area contributed by atoms with Gasteiger partial charge in [-0.3, -0.25) is 0 Å². The normalized spacial score (nSPS) is 12.1. The molecule has 114 valence electrons. The van der Waals surface area contributed by atoms with Crippen LogP contribution in [0.5, 0.6) is 0 Å². The zero-order valence-electron chi connectivity index (χ0n) is 12.0. The summed E-state index contributed by atoms with van der Waals surface area (Å²) < 4.78 is 36.5. The number of thioether (sulfide) groups is 1. The Kier molecular flexibility index (Phi) is 7.45. The summed E-state index contributed by atoms with van der Waals surface area (Å²) in [6, 6.07) is 6.53. The van der Waals surface area contributed by atoms with Crippen LogP contribution in [0, 0.1) is 5.92 Å². The smallest absolute Gasteiger partial charge is 0.313 e. The average molecular weight is 305 g/mol. The lowest BCUT2D eigenvalue weighted by molar-refractivity contribution is -0.0328. The lowest BCUT2D eigenvalue weighted by Gasteiger charge is -2.08. The summed E-state index contributed by atoms with van der Waals surface area (Å²) >= 11 is -0.0734. The summed E-state index contributed by atoms with van der Waals surface area (Å²) in [7, 11) is 0. The van der Waals surface area contributed by atoms with E-state index in [1.807, 2.05) is 0 Å². The van der Waals surface area contributed by atoms with Gasteiger partial charge >= 0.3 is 5.51 Å². The third-order valence-electron chi connectivity index (χ3n) is 2.87. The minimum atomic E-state index is -4.21. The number of hydrogen-bond donors (Lipinski definition) is 1. The van der Waals surface area contributed by atoms with Crippen molar-refractivity contribution in [3.8, 4) is 0 Å². The first kappa shape index (κ1) is 17.4. The third kappa shape index (κ3) is 8.48. The number of alkyl halides is 3. The Labute approximate surface area is 123 Å². The van der Waals surface area contributed by atoms with Gasteiger partial charge in [-0.1, -0.05) is 38.8 Å². The van der Waals surface area contributed by atoms with Crippen LogP contribution >= 0.6 is 11.8 Å². The van der Waals surface area contributed by atoms with Gasteiger partial charge in [0.25, 0.3) is 0 Å². The van der Waals surface area contributed by atoms with Crippen molar-refractivity contribution in [3.05, 3.63) is 29.8 Å². The van der Waals surface area contributed by atoms with Gasteiger partial charge in [-0.2, -0.15) is 13.2 Å². The van der Waals surface area contributed by atoms with Gasteiger partial charge in [-0.05, 0) is 48.3 Å². The number of hydrogen-bond acceptors (Lipinski definition) is 2. The van der Waals surface area contributed by atoms with Gasteiger partial charge in [0, 0.05) is 11.4 Å². The van der Waals surface area contributed by atoms with E-state index in [-0.39, 0.29) is 16.7 Å². The molecule has 0 saturated heterocycles. The highest BCUT2D eigenvalue weighted by molar-refractivity contribution is 8.00. The van der Waals surface area contributed by atoms with Crippen molar-refractivity contribution < 1.29 is 13.2 Å². The number of halogens is 3. The lowest BCUT2D eigenvalue weighted by Crippen LogP contribution is -2.14. The molecule has 0 atom stereocenters. The monoisotopic (exact) mass is 305 g/mol. The Morgan fingerprint density at radius 1 is 1.10 bits per heavy atom. The second-order valence-corrected chi connectivity index (χ2v) is 6.40. The van der Waals surface area contributed by atoms with E-state index in [1.165, 1.54) is 25.0 Å². The zero-order valence-corrected chi connectivity index (χ0v) is 12.8. The average Bonchev–Trinajstić information content (AvgIpc) is 2.33. The Hall–Kier alpha value is -0.680. The predicted octanol–water partition coefficient (Wildman–Crippen LogP) is 5.21. The van der Waals surface area contributed by atoms with Crippen LogP contribution in [0.25, 0.3) is 0 Å². The molecule has 0 heterocycles. The first-order valence-electron chi connectivity index (χ1n) is 6.92. The van der Waals surface area contributed by atoms with E-state index >= 15 is 0 Å². The Balaban J connectivity index is 2.21. The first-order chi connectivity index (χ1) is 9.37. The summed E-state index contributed by atoms with van der Waals surface area (Å²) in [5.41, 5.74) is -3.20. The van der Waals surface area contributed by atoms with E-state index in [1.54, 1.807) is 12.1 Å². The van der Waals surface area contributed by atoms with Crippen molar-refractivity contribution in [1.82, 2.24) is 5.32 Å². The second kappa shape index (κ2) is 8.57. The Morgan fingerprint density at radius 3 is 2.30 bits per heavy atom. The molecule has 0 unspecified atom stereocenters. The number of benzene rings is 1. The molecule has 0 saturated carbocycles. The molecule has 1 nitrogen and oxygen atoms in total. The van der Waals surface area contributed by atoms with E-state index in [4.69, 9.17) is 0 Å². The molecule has 5 heteroatoms. The topological polar surface area (TPSA) is 12.0 Å². The van der Waals surface area contributed by atoms with Crippen LogP contribution in [0.4, 0.5) is 13.2 Å². The number of unbranched alkanes of at least 4 members (excludes halogenated alkanes) is 1. The molecule has 1 rings (SSSR count). The van der Waals surface area contributed by atoms with E-state index in [2.05, 4.69) is 19.2 Å². The predicted molar refractivity (Wildman–Crippen MR) is 78.7 cm³/mol. The molecular formula is C15H22F3NS. The standard InChI is InChI=1S/C15H22F3NS/c1-12(2)5-3-4-10-19-11-13-6-8-14(9-7-13)20-15(16,17)18/h6-9,12,19H,3-5,10-11H2,1-2H3. The third-order valence-corrected chi connectivity index (χ3v) is 3.61. The van der Waals surface area contributed by atoms with Crippen molar-refractivity contribution in [3.63, 3.8) is 0 Å². The highest BCUT2D eigenvalue weighted by Gasteiger charge is 2.28. The molecule has 0 amide bonds. The van der Waals surface area contributed by atoms with Crippen LogP contribution in [-0.4, -0.2) is 12.1 Å². The maximum Gasteiger partial charge on any atom is 0.446 e.